The highest BCUT2D eigenvalue weighted by Crippen LogP contribution is 2.18. The first-order chi connectivity index (χ1) is 8.79. The molecule has 2 aromatic rings. The summed E-state index contributed by atoms with van der Waals surface area (Å²) in [5, 5.41) is 8.77. The first kappa shape index (κ1) is 12.6. The van der Waals surface area contributed by atoms with E-state index in [0.717, 1.165) is 5.56 Å². The predicted molar refractivity (Wildman–Crippen MR) is 68.0 cm³/mol. The Morgan fingerprint density at radius 2 is 1.83 bits per heavy atom. The largest absolute Gasteiger partial charge is 0.489 e. The summed E-state index contributed by atoms with van der Waals surface area (Å²) in [6.07, 6.45) is 0.324. The second-order valence-electron chi connectivity index (χ2n) is 4.00. The lowest BCUT2D eigenvalue weighted by atomic mass is 10.1. The summed E-state index contributed by atoms with van der Waals surface area (Å²) in [5.41, 5.74) is 1.54. The minimum Gasteiger partial charge on any atom is -0.489 e. The number of aliphatic hydroxyl groups is 1. The number of halogens is 1. The molecule has 0 spiro atoms. The minimum absolute atomic E-state index is 0.0544. The molecule has 0 aliphatic heterocycles. The van der Waals surface area contributed by atoms with Crippen LogP contribution >= 0.6 is 0 Å². The van der Waals surface area contributed by atoms with Crippen molar-refractivity contribution in [1.82, 2.24) is 0 Å². The molecule has 94 valence electrons. The van der Waals surface area contributed by atoms with Gasteiger partial charge in [0.15, 0.2) is 0 Å². The molecule has 0 radical (unpaired) electrons. The molecular formula is C15H15FO2. The van der Waals surface area contributed by atoms with Crippen LogP contribution in [0.25, 0.3) is 0 Å². The highest BCUT2D eigenvalue weighted by atomic mass is 19.1. The molecule has 18 heavy (non-hydrogen) atoms. The molecule has 0 aliphatic carbocycles. The van der Waals surface area contributed by atoms with Gasteiger partial charge in [-0.3, -0.25) is 0 Å². The third kappa shape index (κ3) is 3.31. The Morgan fingerprint density at radius 3 is 2.50 bits per heavy atom. The van der Waals surface area contributed by atoms with Crippen molar-refractivity contribution in [3.63, 3.8) is 0 Å². The van der Waals surface area contributed by atoms with E-state index in [0.29, 0.717) is 24.3 Å². The maximum absolute atomic E-state index is 13.6. The van der Waals surface area contributed by atoms with E-state index in [-0.39, 0.29) is 12.4 Å². The lowest BCUT2D eigenvalue weighted by molar-refractivity contribution is 0.295. The molecule has 0 unspecified atom stereocenters. The third-order valence-corrected chi connectivity index (χ3v) is 2.65. The normalized spacial score (nSPS) is 10.3. The Kier molecular flexibility index (Phi) is 4.31. The number of ether oxygens (including phenoxy) is 1. The van der Waals surface area contributed by atoms with Crippen molar-refractivity contribution in [1.29, 1.82) is 0 Å². The van der Waals surface area contributed by atoms with E-state index in [1.54, 1.807) is 12.1 Å². The standard InChI is InChI=1S/C15H15FO2/c16-15-10-14(7-6-13(15)8-9-17)18-11-12-4-2-1-3-5-12/h1-7,10,17H,8-9,11H2. The van der Waals surface area contributed by atoms with Gasteiger partial charge < -0.3 is 9.84 Å². The Bertz CT molecular complexity index is 497. The summed E-state index contributed by atoms with van der Waals surface area (Å²) < 4.78 is 19.1. The van der Waals surface area contributed by atoms with Gasteiger partial charge in [0.25, 0.3) is 0 Å². The number of hydrogen-bond acceptors (Lipinski definition) is 2. The lowest BCUT2D eigenvalue weighted by Gasteiger charge is -2.08. The summed E-state index contributed by atoms with van der Waals surface area (Å²) in [7, 11) is 0. The quantitative estimate of drug-likeness (QED) is 0.879. The third-order valence-electron chi connectivity index (χ3n) is 2.65. The van der Waals surface area contributed by atoms with Crippen LogP contribution in [-0.4, -0.2) is 11.7 Å². The molecule has 0 fully saturated rings. The summed E-state index contributed by atoms with van der Waals surface area (Å²) in [4.78, 5) is 0. The van der Waals surface area contributed by atoms with E-state index in [1.807, 2.05) is 30.3 Å². The van der Waals surface area contributed by atoms with Crippen LogP contribution in [0.5, 0.6) is 5.75 Å². The van der Waals surface area contributed by atoms with E-state index in [2.05, 4.69) is 0 Å². The maximum atomic E-state index is 13.6. The van der Waals surface area contributed by atoms with Gasteiger partial charge in [-0.05, 0) is 23.6 Å². The van der Waals surface area contributed by atoms with Crippen LogP contribution < -0.4 is 4.74 Å². The van der Waals surface area contributed by atoms with Crippen LogP contribution in [0.4, 0.5) is 4.39 Å². The van der Waals surface area contributed by atoms with Gasteiger partial charge in [-0.1, -0.05) is 36.4 Å². The number of aliphatic hydroxyl groups excluding tert-OH is 1. The van der Waals surface area contributed by atoms with Crippen LogP contribution in [0.3, 0.4) is 0 Å². The fraction of sp³-hybridized carbons (Fsp3) is 0.200. The Labute approximate surface area is 106 Å². The first-order valence-electron chi connectivity index (χ1n) is 5.85. The topological polar surface area (TPSA) is 29.5 Å². The van der Waals surface area contributed by atoms with Gasteiger partial charge in [0.1, 0.15) is 18.2 Å². The van der Waals surface area contributed by atoms with Crippen molar-refractivity contribution < 1.29 is 14.2 Å². The van der Waals surface area contributed by atoms with E-state index >= 15 is 0 Å². The monoisotopic (exact) mass is 246 g/mol. The van der Waals surface area contributed by atoms with Gasteiger partial charge in [0, 0.05) is 12.7 Å². The van der Waals surface area contributed by atoms with Crippen molar-refractivity contribution in [2.24, 2.45) is 0 Å². The Morgan fingerprint density at radius 1 is 1.06 bits per heavy atom. The molecule has 2 rings (SSSR count). The van der Waals surface area contributed by atoms with Crippen LogP contribution in [0.2, 0.25) is 0 Å². The highest BCUT2D eigenvalue weighted by Gasteiger charge is 2.04. The van der Waals surface area contributed by atoms with E-state index in [1.165, 1.54) is 6.07 Å². The average molecular weight is 246 g/mol. The van der Waals surface area contributed by atoms with Crippen LogP contribution in [0.1, 0.15) is 11.1 Å². The fourth-order valence-corrected chi connectivity index (χ4v) is 1.68. The van der Waals surface area contributed by atoms with Crippen molar-refractivity contribution in [2.75, 3.05) is 6.61 Å². The van der Waals surface area contributed by atoms with Gasteiger partial charge in [-0.25, -0.2) is 4.39 Å². The molecular weight excluding hydrogens is 231 g/mol. The molecule has 0 bridgehead atoms. The van der Waals surface area contributed by atoms with Gasteiger partial charge in [-0.2, -0.15) is 0 Å². The second kappa shape index (κ2) is 6.17. The second-order valence-corrected chi connectivity index (χ2v) is 4.00. The molecule has 0 amide bonds. The highest BCUT2D eigenvalue weighted by molar-refractivity contribution is 5.29. The molecule has 1 N–H and O–H groups in total. The number of hydrogen-bond donors (Lipinski definition) is 1. The van der Waals surface area contributed by atoms with E-state index in [4.69, 9.17) is 9.84 Å². The molecule has 3 heteroatoms. The van der Waals surface area contributed by atoms with Gasteiger partial charge >= 0.3 is 0 Å². The summed E-state index contributed by atoms with van der Waals surface area (Å²) in [6.45, 7) is 0.362. The van der Waals surface area contributed by atoms with E-state index in [9.17, 15) is 4.39 Å². The first-order valence-corrected chi connectivity index (χ1v) is 5.85. The zero-order valence-electron chi connectivity index (χ0n) is 9.97. The molecule has 0 saturated heterocycles. The lowest BCUT2D eigenvalue weighted by Crippen LogP contribution is -1.98. The molecule has 2 aromatic carbocycles. The zero-order chi connectivity index (χ0) is 12.8. The van der Waals surface area contributed by atoms with Crippen LogP contribution in [0.15, 0.2) is 48.5 Å². The van der Waals surface area contributed by atoms with Gasteiger partial charge in [-0.15, -0.1) is 0 Å². The minimum atomic E-state index is -0.338. The van der Waals surface area contributed by atoms with Crippen molar-refractivity contribution in [3.05, 3.63) is 65.5 Å². The predicted octanol–water partition coefficient (Wildman–Crippen LogP) is 2.94. The molecule has 0 atom stereocenters. The summed E-state index contributed by atoms with van der Waals surface area (Å²) >= 11 is 0. The van der Waals surface area contributed by atoms with Crippen molar-refractivity contribution in [2.45, 2.75) is 13.0 Å². The molecule has 0 aliphatic rings. The molecule has 2 nitrogen and oxygen atoms in total. The maximum Gasteiger partial charge on any atom is 0.130 e. The van der Waals surface area contributed by atoms with Gasteiger partial charge in [0.05, 0.1) is 0 Å². The van der Waals surface area contributed by atoms with Gasteiger partial charge in [0.2, 0.25) is 0 Å². The summed E-state index contributed by atoms with van der Waals surface area (Å²) in [5.74, 6) is 0.160. The van der Waals surface area contributed by atoms with Crippen molar-refractivity contribution in [3.8, 4) is 5.75 Å². The Hall–Kier alpha value is -1.87. The molecule has 0 aromatic heterocycles. The average Bonchev–Trinajstić information content (AvgIpc) is 2.41. The zero-order valence-corrected chi connectivity index (χ0v) is 9.97. The SMILES string of the molecule is OCCc1ccc(OCc2ccccc2)cc1F. The smallest absolute Gasteiger partial charge is 0.130 e. The Balaban J connectivity index is 2.00. The number of benzene rings is 2. The van der Waals surface area contributed by atoms with E-state index < -0.39 is 0 Å². The number of rotatable bonds is 5. The van der Waals surface area contributed by atoms with Crippen molar-refractivity contribution >= 4 is 0 Å². The molecule has 0 heterocycles. The molecule has 0 saturated carbocycles. The summed E-state index contributed by atoms with van der Waals surface area (Å²) in [6, 6.07) is 14.4. The fourth-order valence-electron chi connectivity index (χ4n) is 1.68. The van der Waals surface area contributed by atoms with Crippen LogP contribution in [-0.2, 0) is 13.0 Å². The van der Waals surface area contributed by atoms with Crippen LogP contribution in [0, 0.1) is 5.82 Å².